The first kappa shape index (κ1) is 9.54. The summed E-state index contributed by atoms with van der Waals surface area (Å²) in [7, 11) is 2.16. The molecule has 0 aliphatic carbocycles. The lowest BCUT2D eigenvalue weighted by atomic mass is 9.84. The van der Waals surface area contributed by atoms with Gasteiger partial charge in [0.05, 0.1) is 6.07 Å². The molecule has 1 atom stereocenters. The van der Waals surface area contributed by atoms with Crippen LogP contribution in [-0.4, -0.2) is 25.0 Å². The smallest absolute Gasteiger partial charge is 0.0658 e. The molecule has 68 valence electrons. The van der Waals surface area contributed by atoms with E-state index >= 15 is 0 Å². The second-order valence-corrected chi connectivity index (χ2v) is 3.78. The highest BCUT2D eigenvalue weighted by atomic mass is 15.1. The number of rotatable bonds is 2. The van der Waals surface area contributed by atoms with Crippen molar-refractivity contribution in [3.8, 4) is 6.07 Å². The molecule has 1 aliphatic rings. The lowest BCUT2D eigenvalue weighted by molar-refractivity contribution is 0.189. The van der Waals surface area contributed by atoms with Crippen LogP contribution in [0, 0.1) is 23.2 Å². The third-order valence-electron chi connectivity index (χ3n) is 2.94. The van der Waals surface area contributed by atoms with Gasteiger partial charge in [0.1, 0.15) is 0 Å². The van der Waals surface area contributed by atoms with Crippen molar-refractivity contribution in [1.29, 1.82) is 5.26 Å². The molecule has 0 spiro atoms. The average Bonchev–Trinajstić information content (AvgIpc) is 2.10. The normalized spacial score (nSPS) is 23.4. The standard InChI is InChI=1S/C10H18N2/c1-3-9(8-11)10-4-6-12(2)7-5-10/h9-10H,3-7H2,1-2H3. The van der Waals surface area contributed by atoms with E-state index in [1.807, 2.05) is 0 Å². The summed E-state index contributed by atoms with van der Waals surface area (Å²) in [6.07, 6.45) is 3.44. The number of piperidine rings is 1. The van der Waals surface area contributed by atoms with Crippen molar-refractivity contribution >= 4 is 0 Å². The third kappa shape index (κ3) is 2.22. The molecule has 1 saturated heterocycles. The fraction of sp³-hybridized carbons (Fsp3) is 0.900. The van der Waals surface area contributed by atoms with E-state index < -0.39 is 0 Å². The molecule has 1 unspecified atom stereocenters. The second-order valence-electron chi connectivity index (χ2n) is 3.78. The first-order valence-electron chi connectivity index (χ1n) is 4.86. The second kappa shape index (κ2) is 4.47. The molecular formula is C10H18N2. The number of likely N-dealkylation sites (tertiary alicyclic amines) is 1. The molecule has 1 rings (SSSR count). The SMILES string of the molecule is CCC(C#N)C1CCN(C)CC1. The average molecular weight is 166 g/mol. The van der Waals surface area contributed by atoms with Crippen LogP contribution in [0.25, 0.3) is 0 Å². The first-order valence-corrected chi connectivity index (χ1v) is 4.86. The first-order chi connectivity index (χ1) is 5.77. The summed E-state index contributed by atoms with van der Waals surface area (Å²) in [5.74, 6) is 0.967. The van der Waals surface area contributed by atoms with Crippen LogP contribution < -0.4 is 0 Å². The number of nitrogens with zero attached hydrogens (tertiary/aromatic N) is 2. The number of hydrogen-bond donors (Lipinski definition) is 0. The maximum Gasteiger partial charge on any atom is 0.0658 e. The van der Waals surface area contributed by atoms with Crippen molar-refractivity contribution in [1.82, 2.24) is 4.90 Å². The Kier molecular flexibility index (Phi) is 3.55. The summed E-state index contributed by atoms with van der Waals surface area (Å²) in [6, 6.07) is 2.42. The third-order valence-corrected chi connectivity index (χ3v) is 2.94. The van der Waals surface area contributed by atoms with Crippen LogP contribution in [0.3, 0.4) is 0 Å². The van der Waals surface area contributed by atoms with Crippen molar-refractivity contribution in [2.24, 2.45) is 11.8 Å². The Balaban J connectivity index is 2.39. The predicted molar refractivity (Wildman–Crippen MR) is 49.6 cm³/mol. The molecule has 1 heterocycles. The quantitative estimate of drug-likeness (QED) is 0.626. The minimum absolute atomic E-state index is 0.304. The van der Waals surface area contributed by atoms with Gasteiger partial charge in [0.25, 0.3) is 0 Å². The van der Waals surface area contributed by atoms with E-state index in [0.717, 1.165) is 6.42 Å². The van der Waals surface area contributed by atoms with Gasteiger partial charge in [-0.2, -0.15) is 5.26 Å². The van der Waals surface area contributed by atoms with Crippen LogP contribution in [0.4, 0.5) is 0 Å². The van der Waals surface area contributed by atoms with Crippen LogP contribution in [-0.2, 0) is 0 Å². The molecule has 2 heteroatoms. The largest absolute Gasteiger partial charge is 0.306 e. The Hall–Kier alpha value is -0.550. The van der Waals surface area contributed by atoms with Gasteiger partial charge in [-0.15, -0.1) is 0 Å². The minimum atomic E-state index is 0.304. The topological polar surface area (TPSA) is 27.0 Å². The summed E-state index contributed by atoms with van der Waals surface area (Å²) in [4.78, 5) is 2.35. The van der Waals surface area contributed by atoms with Gasteiger partial charge in [-0.05, 0) is 45.3 Å². The zero-order valence-corrected chi connectivity index (χ0v) is 8.08. The maximum absolute atomic E-state index is 8.88. The van der Waals surface area contributed by atoms with Gasteiger partial charge in [-0.3, -0.25) is 0 Å². The summed E-state index contributed by atoms with van der Waals surface area (Å²) in [5, 5.41) is 8.88. The molecule has 0 aromatic rings. The van der Waals surface area contributed by atoms with Gasteiger partial charge in [-0.25, -0.2) is 0 Å². The van der Waals surface area contributed by atoms with Gasteiger partial charge in [0, 0.05) is 5.92 Å². The summed E-state index contributed by atoms with van der Waals surface area (Å²) in [6.45, 7) is 4.46. The molecule has 1 fully saturated rings. The van der Waals surface area contributed by atoms with E-state index in [1.165, 1.54) is 25.9 Å². The van der Waals surface area contributed by atoms with Crippen LogP contribution in [0.2, 0.25) is 0 Å². The van der Waals surface area contributed by atoms with Crippen LogP contribution >= 0.6 is 0 Å². The van der Waals surface area contributed by atoms with E-state index in [-0.39, 0.29) is 0 Å². The Morgan fingerprint density at radius 1 is 1.50 bits per heavy atom. The van der Waals surface area contributed by atoms with Crippen LogP contribution in [0.1, 0.15) is 26.2 Å². The molecule has 12 heavy (non-hydrogen) atoms. The molecule has 2 nitrogen and oxygen atoms in total. The monoisotopic (exact) mass is 166 g/mol. The van der Waals surface area contributed by atoms with Crippen molar-refractivity contribution in [3.63, 3.8) is 0 Å². The highest BCUT2D eigenvalue weighted by Crippen LogP contribution is 2.25. The molecule has 1 aliphatic heterocycles. The van der Waals surface area contributed by atoms with Gasteiger partial charge in [-0.1, -0.05) is 6.92 Å². The number of nitriles is 1. The Morgan fingerprint density at radius 3 is 2.50 bits per heavy atom. The Labute approximate surface area is 75.2 Å². The highest BCUT2D eigenvalue weighted by Gasteiger charge is 2.23. The molecule has 0 aromatic heterocycles. The van der Waals surface area contributed by atoms with E-state index in [1.54, 1.807) is 0 Å². The minimum Gasteiger partial charge on any atom is -0.306 e. The van der Waals surface area contributed by atoms with Crippen molar-refractivity contribution in [3.05, 3.63) is 0 Å². The molecule has 0 amide bonds. The maximum atomic E-state index is 8.88. The van der Waals surface area contributed by atoms with Crippen LogP contribution in [0.15, 0.2) is 0 Å². The van der Waals surface area contributed by atoms with E-state index in [0.29, 0.717) is 11.8 Å². The zero-order chi connectivity index (χ0) is 8.97. The lowest BCUT2D eigenvalue weighted by Gasteiger charge is -2.30. The summed E-state index contributed by atoms with van der Waals surface area (Å²) in [5.41, 5.74) is 0. The molecule has 0 bridgehead atoms. The fourth-order valence-electron chi connectivity index (χ4n) is 1.96. The highest BCUT2D eigenvalue weighted by molar-refractivity contribution is 4.89. The van der Waals surface area contributed by atoms with Gasteiger partial charge in [0.15, 0.2) is 0 Å². The zero-order valence-electron chi connectivity index (χ0n) is 8.08. The van der Waals surface area contributed by atoms with Gasteiger partial charge < -0.3 is 4.90 Å². The van der Waals surface area contributed by atoms with Gasteiger partial charge >= 0.3 is 0 Å². The van der Waals surface area contributed by atoms with E-state index in [9.17, 15) is 0 Å². The predicted octanol–water partition coefficient (Wildman–Crippen LogP) is 1.88. The molecule has 0 radical (unpaired) electrons. The summed E-state index contributed by atoms with van der Waals surface area (Å²) >= 11 is 0. The molecule has 0 N–H and O–H groups in total. The number of hydrogen-bond acceptors (Lipinski definition) is 2. The van der Waals surface area contributed by atoms with E-state index in [4.69, 9.17) is 5.26 Å². The Bertz CT molecular complexity index is 163. The molecular weight excluding hydrogens is 148 g/mol. The van der Waals surface area contributed by atoms with Crippen molar-refractivity contribution in [2.75, 3.05) is 20.1 Å². The van der Waals surface area contributed by atoms with Crippen molar-refractivity contribution in [2.45, 2.75) is 26.2 Å². The van der Waals surface area contributed by atoms with Crippen LogP contribution in [0.5, 0.6) is 0 Å². The van der Waals surface area contributed by atoms with E-state index in [2.05, 4.69) is 24.9 Å². The fourth-order valence-corrected chi connectivity index (χ4v) is 1.96. The molecule has 0 saturated carbocycles. The Morgan fingerprint density at radius 2 is 2.08 bits per heavy atom. The lowest BCUT2D eigenvalue weighted by Crippen LogP contribution is -2.32. The summed E-state index contributed by atoms with van der Waals surface area (Å²) < 4.78 is 0. The molecule has 0 aromatic carbocycles. The van der Waals surface area contributed by atoms with Gasteiger partial charge in [0.2, 0.25) is 0 Å². The van der Waals surface area contributed by atoms with Crippen molar-refractivity contribution < 1.29 is 0 Å².